The van der Waals surface area contributed by atoms with E-state index >= 15 is 0 Å². The van der Waals surface area contributed by atoms with Gasteiger partial charge in [-0.25, -0.2) is 0 Å². The quantitative estimate of drug-likeness (QED) is 0.811. The van der Waals surface area contributed by atoms with Crippen LogP contribution in [0.5, 0.6) is 0 Å². The van der Waals surface area contributed by atoms with E-state index in [9.17, 15) is 8.42 Å². The second-order valence-corrected chi connectivity index (χ2v) is 9.18. The lowest BCUT2D eigenvalue weighted by Crippen LogP contribution is -2.50. The third-order valence-corrected chi connectivity index (χ3v) is 6.60. The van der Waals surface area contributed by atoms with Crippen molar-refractivity contribution >= 4 is 10.2 Å². The summed E-state index contributed by atoms with van der Waals surface area (Å²) < 4.78 is 29.6. The van der Waals surface area contributed by atoms with Crippen molar-refractivity contribution in [3.05, 3.63) is 0 Å². The molecule has 1 saturated carbocycles. The van der Waals surface area contributed by atoms with Gasteiger partial charge in [-0.15, -0.1) is 0 Å². The van der Waals surface area contributed by atoms with E-state index in [1.54, 1.807) is 4.31 Å². The van der Waals surface area contributed by atoms with E-state index in [2.05, 4.69) is 23.9 Å². The topological polar surface area (TPSA) is 61.4 Å². The highest BCUT2D eigenvalue weighted by Gasteiger charge is 2.33. The van der Waals surface area contributed by atoms with Crippen LogP contribution in [0.3, 0.4) is 0 Å². The van der Waals surface area contributed by atoms with Crippen LogP contribution in [-0.4, -0.2) is 45.4 Å². The van der Waals surface area contributed by atoms with Gasteiger partial charge in [0.2, 0.25) is 0 Å². The van der Waals surface area contributed by atoms with E-state index in [4.69, 9.17) is 0 Å². The summed E-state index contributed by atoms with van der Waals surface area (Å²) in [5, 5.41) is 3.18. The minimum atomic E-state index is -3.31. The van der Waals surface area contributed by atoms with E-state index in [0.717, 1.165) is 38.6 Å². The molecule has 1 atom stereocenters. The Bertz CT molecular complexity index is 428. The average molecular weight is 317 g/mol. The molecule has 0 spiro atoms. The van der Waals surface area contributed by atoms with Gasteiger partial charge in [0.05, 0.1) is 0 Å². The van der Waals surface area contributed by atoms with Crippen LogP contribution < -0.4 is 10.0 Å². The SMILES string of the molecule is CNCC1CCN(S(=O)(=O)NC2CCCC(C)(C)C2)CC1. The van der Waals surface area contributed by atoms with Gasteiger partial charge in [0.1, 0.15) is 0 Å². The lowest BCUT2D eigenvalue weighted by atomic mass is 9.75. The normalized spacial score (nSPS) is 28.6. The van der Waals surface area contributed by atoms with Crippen molar-refractivity contribution in [2.75, 3.05) is 26.7 Å². The van der Waals surface area contributed by atoms with E-state index in [-0.39, 0.29) is 11.5 Å². The number of hydrogen-bond acceptors (Lipinski definition) is 3. The average Bonchev–Trinajstić information content (AvgIpc) is 2.38. The van der Waals surface area contributed by atoms with Crippen molar-refractivity contribution < 1.29 is 8.42 Å². The van der Waals surface area contributed by atoms with Crippen molar-refractivity contribution in [1.29, 1.82) is 0 Å². The summed E-state index contributed by atoms with van der Waals surface area (Å²) in [6.45, 7) is 6.75. The van der Waals surface area contributed by atoms with Gasteiger partial charge in [-0.2, -0.15) is 17.4 Å². The van der Waals surface area contributed by atoms with Crippen LogP contribution in [0, 0.1) is 11.3 Å². The third-order valence-electron chi connectivity index (χ3n) is 4.93. The molecule has 0 bridgehead atoms. The van der Waals surface area contributed by atoms with Crippen LogP contribution in [-0.2, 0) is 10.2 Å². The maximum atomic E-state index is 12.5. The molecule has 1 aliphatic carbocycles. The molecule has 2 N–H and O–H groups in total. The zero-order valence-electron chi connectivity index (χ0n) is 13.7. The number of nitrogens with zero attached hydrogens (tertiary/aromatic N) is 1. The Morgan fingerprint density at radius 2 is 1.86 bits per heavy atom. The number of nitrogens with one attached hydrogen (secondary N) is 2. The molecule has 6 heteroatoms. The van der Waals surface area contributed by atoms with E-state index in [1.807, 2.05) is 7.05 Å². The van der Waals surface area contributed by atoms with Crippen LogP contribution >= 0.6 is 0 Å². The molecule has 1 unspecified atom stereocenters. The lowest BCUT2D eigenvalue weighted by Gasteiger charge is -2.37. The van der Waals surface area contributed by atoms with Crippen LogP contribution in [0.2, 0.25) is 0 Å². The Kier molecular flexibility index (Phi) is 5.68. The monoisotopic (exact) mass is 317 g/mol. The minimum absolute atomic E-state index is 0.105. The molecular formula is C15H31N3O2S. The van der Waals surface area contributed by atoms with Crippen molar-refractivity contribution in [3.8, 4) is 0 Å². The largest absolute Gasteiger partial charge is 0.319 e. The predicted molar refractivity (Wildman–Crippen MR) is 86.3 cm³/mol. The zero-order chi connectivity index (χ0) is 15.5. The first kappa shape index (κ1) is 17.2. The summed E-state index contributed by atoms with van der Waals surface area (Å²) in [5.74, 6) is 0.607. The first-order valence-electron chi connectivity index (χ1n) is 8.24. The fraction of sp³-hybridized carbons (Fsp3) is 1.00. The van der Waals surface area contributed by atoms with Crippen molar-refractivity contribution in [3.63, 3.8) is 0 Å². The Balaban J connectivity index is 1.87. The molecule has 21 heavy (non-hydrogen) atoms. The van der Waals surface area contributed by atoms with Crippen LogP contribution in [0.25, 0.3) is 0 Å². The maximum absolute atomic E-state index is 12.5. The lowest BCUT2D eigenvalue weighted by molar-refractivity contribution is 0.207. The molecule has 5 nitrogen and oxygen atoms in total. The fourth-order valence-electron chi connectivity index (χ4n) is 3.73. The molecule has 0 aromatic carbocycles. The molecule has 0 amide bonds. The number of rotatable bonds is 5. The van der Waals surface area contributed by atoms with Gasteiger partial charge >= 0.3 is 0 Å². The molecule has 1 aliphatic heterocycles. The maximum Gasteiger partial charge on any atom is 0.279 e. The molecule has 2 rings (SSSR count). The van der Waals surface area contributed by atoms with Gasteiger partial charge in [-0.05, 0) is 57.0 Å². The summed E-state index contributed by atoms with van der Waals surface area (Å²) in [6.07, 6.45) is 6.14. The standard InChI is InChI=1S/C15H31N3O2S/c1-15(2)8-4-5-14(11-15)17-21(19,20)18-9-6-13(7-10-18)12-16-3/h13-14,16-17H,4-12H2,1-3H3. The Labute approximate surface area is 130 Å². The summed E-state index contributed by atoms with van der Waals surface area (Å²) >= 11 is 0. The van der Waals surface area contributed by atoms with E-state index in [0.29, 0.717) is 19.0 Å². The summed E-state index contributed by atoms with van der Waals surface area (Å²) in [4.78, 5) is 0. The third kappa shape index (κ3) is 4.91. The summed E-state index contributed by atoms with van der Waals surface area (Å²) in [7, 11) is -1.35. The number of piperidine rings is 1. The molecule has 0 aromatic rings. The first-order chi connectivity index (χ1) is 9.82. The fourth-order valence-corrected chi connectivity index (χ4v) is 5.19. The highest BCUT2D eigenvalue weighted by atomic mass is 32.2. The summed E-state index contributed by atoms with van der Waals surface area (Å²) in [6, 6.07) is 0.105. The molecule has 2 fully saturated rings. The Morgan fingerprint density at radius 1 is 1.19 bits per heavy atom. The van der Waals surface area contributed by atoms with Gasteiger partial charge in [0.25, 0.3) is 10.2 Å². The molecule has 0 aromatic heterocycles. The Morgan fingerprint density at radius 3 is 2.43 bits per heavy atom. The second kappa shape index (κ2) is 6.94. The van der Waals surface area contributed by atoms with Crippen LogP contribution in [0.1, 0.15) is 52.4 Å². The minimum Gasteiger partial charge on any atom is -0.319 e. The van der Waals surface area contributed by atoms with Gasteiger partial charge in [0.15, 0.2) is 0 Å². The molecule has 124 valence electrons. The van der Waals surface area contributed by atoms with Gasteiger partial charge in [0, 0.05) is 19.1 Å². The Hall–Kier alpha value is -0.170. The van der Waals surface area contributed by atoms with Crippen LogP contribution in [0.4, 0.5) is 0 Å². The molecular weight excluding hydrogens is 286 g/mol. The summed E-state index contributed by atoms with van der Waals surface area (Å²) in [5.41, 5.74) is 0.255. The predicted octanol–water partition coefficient (Wildman–Crippen LogP) is 1.72. The van der Waals surface area contributed by atoms with Gasteiger partial charge in [-0.3, -0.25) is 0 Å². The van der Waals surface area contributed by atoms with Crippen molar-refractivity contribution in [2.24, 2.45) is 11.3 Å². The molecule has 1 saturated heterocycles. The van der Waals surface area contributed by atoms with Crippen molar-refractivity contribution in [1.82, 2.24) is 14.3 Å². The second-order valence-electron chi connectivity index (χ2n) is 7.48. The zero-order valence-corrected chi connectivity index (χ0v) is 14.5. The van der Waals surface area contributed by atoms with E-state index in [1.165, 1.54) is 6.42 Å². The van der Waals surface area contributed by atoms with Crippen LogP contribution in [0.15, 0.2) is 0 Å². The van der Waals surface area contributed by atoms with Crippen molar-refractivity contribution in [2.45, 2.75) is 58.4 Å². The smallest absolute Gasteiger partial charge is 0.279 e. The molecule has 0 radical (unpaired) electrons. The molecule has 1 heterocycles. The van der Waals surface area contributed by atoms with Gasteiger partial charge < -0.3 is 5.32 Å². The highest BCUT2D eigenvalue weighted by molar-refractivity contribution is 7.87. The molecule has 2 aliphatic rings. The first-order valence-corrected chi connectivity index (χ1v) is 9.68. The van der Waals surface area contributed by atoms with Gasteiger partial charge in [-0.1, -0.05) is 20.3 Å². The highest BCUT2D eigenvalue weighted by Crippen LogP contribution is 2.35. The number of hydrogen-bond donors (Lipinski definition) is 2. The van der Waals surface area contributed by atoms with E-state index < -0.39 is 10.2 Å².